The van der Waals surface area contributed by atoms with Crippen molar-refractivity contribution in [1.82, 2.24) is 30.1 Å². The Morgan fingerprint density at radius 1 is 1.21 bits per heavy atom. The Bertz CT molecular complexity index is 1490. The highest BCUT2D eigenvalue weighted by atomic mass is 79.9. The number of aromatic hydroxyl groups is 1. The van der Waals surface area contributed by atoms with Crippen molar-refractivity contribution >= 4 is 49.8 Å². The average Bonchev–Trinajstić information content (AvgIpc) is 3.36. The van der Waals surface area contributed by atoms with Crippen LogP contribution in [-0.2, 0) is 6.54 Å². The van der Waals surface area contributed by atoms with Crippen molar-refractivity contribution in [2.75, 3.05) is 26.0 Å². The Morgan fingerprint density at radius 3 is 2.69 bits per heavy atom. The number of hydrazone groups is 1. The third-order valence-electron chi connectivity index (χ3n) is 5.20. The van der Waals surface area contributed by atoms with E-state index in [0.717, 1.165) is 12.6 Å². The van der Waals surface area contributed by atoms with E-state index in [0.29, 0.717) is 38.3 Å². The van der Waals surface area contributed by atoms with Crippen molar-refractivity contribution in [2.24, 2.45) is 5.10 Å². The molecule has 2 aromatic heterocycles. The number of likely N-dealkylation sites (N-methyl/N-ethyl adjacent to an activating group) is 1. The van der Waals surface area contributed by atoms with Gasteiger partial charge in [-0.25, -0.2) is 14.6 Å². The summed E-state index contributed by atoms with van der Waals surface area (Å²) in [5.74, 6) is 0.274. The van der Waals surface area contributed by atoms with E-state index in [-0.39, 0.29) is 17.2 Å². The van der Waals surface area contributed by atoms with Crippen molar-refractivity contribution < 1.29 is 19.0 Å². The van der Waals surface area contributed by atoms with E-state index in [1.54, 1.807) is 36.8 Å². The molecular formula is C25H23Br2FN8O3. The molecule has 2 heterocycles. The molecule has 4 rings (SSSR count). The minimum Gasteiger partial charge on any atom is -0.506 e. The molecule has 4 aromatic rings. The number of carbonyl (C=O) groups is 1. The van der Waals surface area contributed by atoms with Gasteiger partial charge in [0.25, 0.3) is 0 Å². The maximum atomic E-state index is 14.8. The fourth-order valence-corrected chi connectivity index (χ4v) is 4.52. The second-order valence-corrected chi connectivity index (χ2v) is 10.1. The number of rotatable bonds is 9. The van der Waals surface area contributed by atoms with E-state index in [1.807, 2.05) is 23.6 Å². The van der Waals surface area contributed by atoms with Crippen molar-refractivity contribution in [3.8, 4) is 28.8 Å². The number of hydrogen-bond donors (Lipinski definition) is 3. The number of nitrogens with zero attached hydrogens (tertiary/aromatic N) is 6. The molecule has 0 spiro atoms. The summed E-state index contributed by atoms with van der Waals surface area (Å²) in [7, 11) is 3.95. The van der Waals surface area contributed by atoms with Gasteiger partial charge in [-0.05, 0) is 81.9 Å². The Kier molecular flexibility index (Phi) is 9.22. The second-order valence-electron chi connectivity index (χ2n) is 8.43. The molecule has 0 aliphatic heterocycles. The summed E-state index contributed by atoms with van der Waals surface area (Å²) >= 11 is 6.45. The average molecular weight is 662 g/mol. The highest BCUT2D eigenvalue weighted by Gasteiger charge is 2.13. The predicted molar refractivity (Wildman–Crippen MR) is 152 cm³/mol. The van der Waals surface area contributed by atoms with Gasteiger partial charge in [-0.3, -0.25) is 4.98 Å². The van der Waals surface area contributed by atoms with E-state index in [1.165, 1.54) is 18.3 Å². The number of phenols is 1. The van der Waals surface area contributed by atoms with Gasteiger partial charge in [-0.1, -0.05) is 0 Å². The lowest BCUT2D eigenvalue weighted by Crippen LogP contribution is -2.24. The number of anilines is 1. The quantitative estimate of drug-likeness (QED) is 0.166. The fourth-order valence-electron chi connectivity index (χ4n) is 3.29. The van der Waals surface area contributed by atoms with Crippen LogP contribution in [0.2, 0.25) is 0 Å². The normalized spacial score (nSPS) is 11.2. The molecule has 3 N–H and O–H groups in total. The predicted octanol–water partition coefficient (Wildman–Crippen LogP) is 5.22. The van der Waals surface area contributed by atoms with Gasteiger partial charge in [-0.2, -0.15) is 5.10 Å². The number of carbonyl (C=O) groups excluding carboxylic acids is 1. The standard InChI is InChI=1S/C25H23Br2FN8O3/c1-35(2)7-8-36-14-31-33-24(36)21-12-17(5-6-29-21)39-22-4-3-16(11-20(22)28)32-25(38)34-30-13-15-9-18(26)23(37)19(27)10-15/h3-6,9-14,37H,7-8H2,1-2H3,(H2,32,34,38)/b30-13+. The Hall–Kier alpha value is -3.88. The number of nitrogens with one attached hydrogen (secondary N) is 2. The zero-order chi connectivity index (χ0) is 27.9. The van der Waals surface area contributed by atoms with Crippen LogP contribution in [0.3, 0.4) is 0 Å². The maximum Gasteiger partial charge on any atom is 0.339 e. The molecule has 11 nitrogen and oxygen atoms in total. The number of halogens is 3. The maximum absolute atomic E-state index is 14.8. The van der Waals surface area contributed by atoms with Crippen LogP contribution in [0.5, 0.6) is 17.2 Å². The number of urea groups is 1. The summed E-state index contributed by atoms with van der Waals surface area (Å²) in [6, 6.07) is 9.86. The van der Waals surface area contributed by atoms with Crippen molar-refractivity contribution in [2.45, 2.75) is 6.54 Å². The van der Waals surface area contributed by atoms with Crippen molar-refractivity contribution in [3.63, 3.8) is 0 Å². The first-order chi connectivity index (χ1) is 18.7. The number of amides is 2. The van der Waals surface area contributed by atoms with Crippen LogP contribution in [0, 0.1) is 5.82 Å². The lowest BCUT2D eigenvalue weighted by atomic mass is 10.2. The molecule has 2 aromatic carbocycles. The molecule has 0 aliphatic carbocycles. The summed E-state index contributed by atoms with van der Waals surface area (Å²) < 4.78 is 23.3. The third kappa shape index (κ3) is 7.59. The zero-order valence-corrected chi connectivity index (χ0v) is 23.9. The topological polar surface area (TPSA) is 130 Å². The SMILES string of the molecule is CN(C)CCn1cnnc1-c1cc(Oc2ccc(NC(=O)N/N=C/c3cc(Br)c(O)c(Br)c3)cc2F)ccn1. The number of pyridine rings is 1. The summed E-state index contributed by atoms with van der Waals surface area (Å²) in [6.45, 7) is 1.47. The van der Waals surface area contributed by atoms with Gasteiger partial charge in [0, 0.05) is 37.1 Å². The zero-order valence-electron chi connectivity index (χ0n) is 20.8. The summed E-state index contributed by atoms with van der Waals surface area (Å²) in [5.41, 5.74) is 3.65. The van der Waals surface area contributed by atoms with Crippen LogP contribution in [-0.4, -0.2) is 62.6 Å². The van der Waals surface area contributed by atoms with E-state index >= 15 is 0 Å². The minimum atomic E-state index is -0.678. The van der Waals surface area contributed by atoms with Crippen LogP contribution < -0.4 is 15.5 Å². The van der Waals surface area contributed by atoms with Gasteiger partial charge in [0.1, 0.15) is 23.5 Å². The molecule has 14 heteroatoms. The summed E-state index contributed by atoms with van der Waals surface area (Å²) in [5, 5.41) is 24.2. The second kappa shape index (κ2) is 12.8. The first kappa shape index (κ1) is 28.1. The van der Waals surface area contributed by atoms with Gasteiger partial charge < -0.3 is 24.6 Å². The fraction of sp³-hybridized carbons (Fsp3) is 0.160. The molecule has 0 fully saturated rings. The highest BCUT2D eigenvalue weighted by molar-refractivity contribution is 9.11. The Labute approximate surface area is 240 Å². The highest BCUT2D eigenvalue weighted by Crippen LogP contribution is 2.33. The van der Waals surface area contributed by atoms with Crippen LogP contribution >= 0.6 is 31.9 Å². The van der Waals surface area contributed by atoms with Gasteiger partial charge in [0.2, 0.25) is 0 Å². The number of ether oxygens (including phenoxy) is 1. The number of benzene rings is 2. The van der Waals surface area contributed by atoms with Crippen molar-refractivity contribution in [3.05, 3.63) is 75.3 Å². The lowest BCUT2D eigenvalue weighted by Gasteiger charge is -2.12. The first-order valence-corrected chi connectivity index (χ1v) is 13.0. The molecular weight excluding hydrogens is 639 g/mol. The molecule has 0 atom stereocenters. The van der Waals surface area contributed by atoms with Gasteiger partial charge in [0.05, 0.1) is 15.2 Å². The van der Waals surface area contributed by atoms with Crippen LogP contribution in [0.15, 0.2) is 69.0 Å². The summed E-state index contributed by atoms with van der Waals surface area (Å²) in [4.78, 5) is 18.6. The molecule has 202 valence electrons. The monoisotopic (exact) mass is 660 g/mol. The molecule has 2 amide bonds. The van der Waals surface area contributed by atoms with Gasteiger partial charge in [-0.15, -0.1) is 10.2 Å². The third-order valence-corrected chi connectivity index (χ3v) is 6.41. The Morgan fingerprint density at radius 2 is 1.97 bits per heavy atom. The number of phenolic OH excluding ortho intramolecular Hbond substituents is 1. The van der Waals surface area contributed by atoms with E-state index in [2.05, 4.69) is 62.9 Å². The first-order valence-electron chi connectivity index (χ1n) is 11.4. The molecule has 0 saturated carbocycles. The van der Waals surface area contributed by atoms with Crippen LogP contribution in [0.25, 0.3) is 11.5 Å². The number of aromatic nitrogens is 4. The van der Waals surface area contributed by atoms with Crippen LogP contribution in [0.1, 0.15) is 5.56 Å². The molecule has 0 bridgehead atoms. The largest absolute Gasteiger partial charge is 0.506 e. The van der Waals surface area contributed by atoms with E-state index in [9.17, 15) is 14.3 Å². The van der Waals surface area contributed by atoms with E-state index in [4.69, 9.17) is 4.74 Å². The molecule has 39 heavy (non-hydrogen) atoms. The van der Waals surface area contributed by atoms with Gasteiger partial charge >= 0.3 is 6.03 Å². The van der Waals surface area contributed by atoms with Crippen molar-refractivity contribution in [1.29, 1.82) is 0 Å². The minimum absolute atomic E-state index is 0.0336. The lowest BCUT2D eigenvalue weighted by molar-refractivity contribution is 0.252. The molecule has 0 aliphatic rings. The van der Waals surface area contributed by atoms with E-state index < -0.39 is 11.8 Å². The van der Waals surface area contributed by atoms with Gasteiger partial charge in [0.15, 0.2) is 17.4 Å². The molecule has 0 unspecified atom stereocenters. The number of hydrogen-bond acceptors (Lipinski definition) is 8. The summed E-state index contributed by atoms with van der Waals surface area (Å²) in [6.07, 6.45) is 4.57. The van der Waals surface area contributed by atoms with Crippen LogP contribution in [0.4, 0.5) is 14.9 Å². The molecule has 0 radical (unpaired) electrons. The Balaban J connectivity index is 1.38. The smallest absolute Gasteiger partial charge is 0.339 e. The molecule has 0 saturated heterocycles.